The van der Waals surface area contributed by atoms with Crippen molar-refractivity contribution in [3.63, 3.8) is 0 Å². The van der Waals surface area contributed by atoms with E-state index in [9.17, 15) is 18.0 Å². The summed E-state index contributed by atoms with van der Waals surface area (Å²) in [6.45, 7) is 0. The molecule has 1 aromatic rings. The molecule has 0 heterocycles. The molecule has 19 heavy (non-hydrogen) atoms. The molecule has 1 rings (SSSR count). The maximum Gasteiger partial charge on any atom is 0.573 e. The van der Waals surface area contributed by atoms with E-state index in [1.807, 2.05) is 0 Å². The normalized spacial score (nSPS) is 13.4. The Morgan fingerprint density at radius 2 is 1.95 bits per heavy atom. The zero-order valence-corrected chi connectivity index (χ0v) is 10.4. The highest BCUT2D eigenvalue weighted by atomic mass is 19.4. The van der Waals surface area contributed by atoms with Crippen LogP contribution >= 0.6 is 0 Å². The summed E-state index contributed by atoms with van der Waals surface area (Å²) in [4.78, 5) is 12.3. The Bertz CT molecular complexity index is 446. The quantitative estimate of drug-likeness (QED) is 0.899. The van der Waals surface area contributed by atoms with Gasteiger partial charge in [0.15, 0.2) is 0 Å². The van der Waals surface area contributed by atoms with Crippen molar-refractivity contribution in [3.8, 4) is 5.75 Å². The topological polar surface area (TPSA) is 49.8 Å². The number of hydrogen-bond donors (Lipinski definition) is 1. The summed E-state index contributed by atoms with van der Waals surface area (Å²) in [5.74, 6) is -1.48. The van der Waals surface area contributed by atoms with Gasteiger partial charge in [-0.25, -0.2) is 0 Å². The summed E-state index contributed by atoms with van der Waals surface area (Å²) >= 11 is 0. The van der Waals surface area contributed by atoms with E-state index in [-0.39, 0.29) is 17.7 Å². The lowest BCUT2D eigenvalue weighted by molar-refractivity contribution is -0.275. The number of benzene rings is 1. The average Bonchev–Trinajstić information content (AvgIpc) is 2.24. The lowest BCUT2D eigenvalue weighted by Crippen LogP contribution is -2.25. The highest BCUT2D eigenvalue weighted by Crippen LogP contribution is 2.33. The summed E-state index contributed by atoms with van der Waals surface area (Å²) in [5.41, 5.74) is 0.187. The van der Waals surface area contributed by atoms with Crippen molar-refractivity contribution in [1.29, 1.82) is 0 Å². The van der Waals surface area contributed by atoms with E-state index in [0.717, 1.165) is 0 Å². The van der Waals surface area contributed by atoms with Crippen molar-refractivity contribution in [1.82, 2.24) is 4.90 Å². The number of carboxylic acid groups (broad SMARTS) is 1. The highest BCUT2D eigenvalue weighted by Gasteiger charge is 2.33. The first-order valence-corrected chi connectivity index (χ1v) is 5.43. The van der Waals surface area contributed by atoms with Crippen LogP contribution in [0.25, 0.3) is 0 Å². The van der Waals surface area contributed by atoms with Gasteiger partial charge in [-0.15, -0.1) is 13.2 Å². The van der Waals surface area contributed by atoms with Crippen LogP contribution in [0.4, 0.5) is 13.2 Å². The molecular weight excluding hydrogens is 263 g/mol. The Kier molecular flexibility index (Phi) is 4.77. The van der Waals surface area contributed by atoms with Gasteiger partial charge in [0.1, 0.15) is 5.75 Å². The fourth-order valence-corrected chi connectivity index (χ4v) is 1.71. The van der Waals surface area contributed by atoms with Crippen LogP contribution in [0.1, 0.15) is 18.0 Å². The van der Waals surface area contributed by atoms with Gasteiger partial charge in [0.2, 0.25) is 0 Å². The maximum absolute atomic E-state index is 12.3. The summed E-state index contributed by atoms with van der Waals surface area (Å²) in [7, 11) is 3.19. The highest BCUT2D eigenvalue weighted by molar-refractivity contribution is 5.68. The van der Waals surface area contributed by atoms with Gasteiger partial charge in [-0.2, -0.15) is 0 Å². The predicted molar refractivity (Wildman–Crippen MR) is 61.8 cm³/mol. The molecule has 0 aromatic heterocycles. The Balaban J connectivity index is 3.12. The van der Waals surface area contributed by atoms with Gasteiger partial charge in [0.05, 0.1) is 6.42 Å². The van der Waals surface area contributed by atoms with E-state index in [1.54, 1.807) is 14.1 Å². The number of carboxylic acids is 1. The molecule has 1 unspecified atom stereocenters. The molecule has 0 saturated carbocycles. The molecule has 0 spiro atoms. The van der Waals surface area contributed by atoms with Crippen LogP contribution in [-0.4, -0.2) is 36.4 Å². The molecule has 4 nitrogen and oxygen atoms in total. The Morgan fingerprint density at radius 1 is 1.37 bits per heavy atom. The van der Waals surface area contributed by atoms with Gasteiger partial charge in [-0.3, -0.25) is 4.79 Å². The van der Waals surface area contributed by atoms with E-state index < -0.39 is 18.4 Å². The Labute approximate surface area is 108 Å². The Morgan fingerprint density at radius 3 is 2.42 bits per heavy atom. The van der Waals surface area contributed by atoms with Crippen LogP contribution in [0.3, 0.4) is 0 Å². The zero-order chi connectivity index (χ0) is 14.6. The molecule has 106 valence electrons. The largest absolute Gasteiger partial charge is 0.573 e. The van der Waals surface area contributed by atoms with Gasteiger partial charge in [0, 0.05) is 11.6 Å². The number of halogens is 3. The number of rotatable bonds is 5. The second-order valence-electron chi connectivity index (χ2n) is 4.16. The van der Waals surface area contributed by atoms with Crippen molar-refractivity contribution in [3.05, 3.63) is 29.8 Å². The Hall–Kier alpha value is -1.76. The smallest absolute Gasteiger partial charge is 0.481 e. The standard InChI is InChI=1S/C12H14F3NO3/c1-16(2)9(7-11(17)18)8-5-3-4-6-10(8)19-12(13,14)15/h3-6,9H,7H2,1-2H3,(H,17,18). The van der Waals surface area contributed by atoms with Crippen LogP contribution in [-0.2, 0) is 4.79 Å². The average molecular weight is 277 g/mol. The summed E-state index contributed by atoms with van der Waals surface area (Å²) in [6, 6.07) is 4.83. The molecule has 0 aliphatic rings. The number of hydrogen-bond acceptors (Lipinski definition) is 3. The first-order valence-electron chi connectivity index (χ1n) is 5.43. The molecule has 1 aromatic carbocycles. The van der Waals surface area contributed by atoms with Crippen molar-refractivity contribution in [2.75, 3.05) is 14.1 Å². The fraction of sp³-hybridized carbons (Fsp3) is 0.417. The molecule has 0 amide bonds. The molecule has 0 aliphatic carbocycles. The van der Waals surface area contributed by atoms with Gasteiger partial charge in [-0.1, -0.05) is 18.2 Å². The molecule has 0 bridgehead atoms. The number of alkyl halides is 3. The van der Waals surface area contributed by atoms with Crippen molar-refractivity contribution in [2.45, 2.75) is 18.8 Å². The molecule has 7 heteroatoms. The molecule has 0 aliphatic heterocycles. The van der Waals surface area contributed by atoms with Crippen LogP contribution in [0.5, 0.6) is 5.75 Å². The number of carbonyl (C=O) groups is 1. The summed E-state index contributed by atoms with van der Waals surface area (Å²) in [5, 5.41) is 8.83. The third kappa shape index (κ3) is 4.78. The fourth-order valence-electron chi connectivity index (χ4n) is 1.71. The van der Waals surface area contributed by atoms with Crippen LogP contribution < -0.4 is 4.74 Å². The molecular formula is C12H14F3NO3. The third-order valence-electron chi connectivity index (χ3n) is 2.50. The minimum Gasteiger partial charge on any atom is -0.481 e. The van der Waals surface area contributed by atoms with Crippen molar-refractivity contribution >= 4 is 5.97 Å². The lowest BCUT2D eigenvalue weighted by atomic mass is 10.0. The predicted octanol–water partition coefficient (Wildman–Crippen LogP) is 2.66. The molecule has 1 N–H and O–H groups in total. The van der Waals surface area contributed by atoms with E-state index in [0.29, 0.717) is 0 Å². The first kappa shape index (κ1) is 15.3. The number of para-hydroxylation sites is 1. The first-order chi connectivity index (χ1) is 8.70. The summed E-state index contributed by atoms with van der Waals surface area (Å²) < 4.78 is 40.8. The van der Waals surface area contributed by atoms with Gasteiger partial charge in [0.25, 0.3) is 0 Å². The van der Waals surface area contributed by atoms with Gasteiger partial charge >= 0.3 is 12.3 Å². The SMILES string of the molecule is CN(C)C(CC(=O)O)c1ccccc1OC(F)(F)F. The maximum atomic E-state index is 12.3. The van der Waals surface area contributed by atoms with Crippen LogP contribution in [0.2, 0.25) is 0 Å². The van der Waals surface area contributed by atoms with Gasteiger partial charge < -0.3 is 14.7 Å². The van der Waals surface area contributed by atoms with E-state index in [4.69, 9.17) is 5.11 Å². The van der Waals surface area contributed by atoms with E-state index >= 15 is 0 Å². The molecule has 0 saturated heterocycles. The second-order valence-corrected chi connectivity index (χ2v) is 4.16. The number of ether oxygens (including phenoxy) is 1. The third-order valence-corrected chi connectivity index (χ3v) is 2.50. The second kappa shape index (κ2) is 5.92. The molecule has 1 atom stereocenters. The van der Waals surface area contributed by atoms with Gasteiger partial charge in [-0.05, 0) is 20.2 Å². The number of aliphatic carboxylic acids is 1. The zero-order valence-electron chi connectivity index (χ0n) is 10.4. The van der Waals surface area contributed by atoms with Crippen LogP contribution in [0.15, 0.2) is 24.3 Å². The molecule has 0 fully saturated rings. The van der Waals surface area contributed by atoms with E-state index in [2.05, 4.69) is 4.74 Å². The molecule has 0 radical (unpaired) electrons. The minimum atomic E-state index is -4.81. The summed E-state index contributed by atoms with van der Waals surface area (Å²) in [6.07, 6.45) is -5.12. The monoisotopic (exact) mass is 277 g/mol. The van der Waals surface area contributed by atoms with Crippen molar-refractivity contribution < 1.29 is 27.8 Å². The lowest BCUT2D eigenvalue weighted by Gasteiger charge is -2.25. The minimum absolute atomic E-state index is 0.187. The van der Waals surface area contributed by atoms with E-state index in [1.165, 1.54) is 29.2 Å². The number of nitrogens with zero attached hydrogens (tertiary/aromatic N) is 1. The van der Waals surface area contributed by atoms with Crippen LogP contribution in [0, 0.1) is 0 Å². The van der Waals surface area contributed by atoms with Crippen molar-refractivity contribution in [2.24, 2.45) is 0 Å².